The summed E-state index contributed by atoms with van der Waals surface area (Å²) in [6.07, 6.45) is 2.91. The second kappa shape index (κ2) is 6.26. The molecule has 102 valence electrons. The number of nitrogens with one attached hydrogen (secondary N) is 1. The highest BCUT2D eigenvalue weighted by Crippen LogP contribution is 2.23. The number of hydrogen-bond acceptors (Lipinski definition) is 3. The molecule has 0 unspecified atom stereocenters. The van der Waals surface area contributed by atoms with Crippen LogP contribution in [0.5, 0.6) is 5.75 Å². The largest absolute Gasteiger partial charge is 0.506 e. The average Bonchev–Trinajstić information content (AvgIpc) is 2.42. The van der Waals surface area contributed by atoms with Crippen molar-refractivity contribution >= 4 is 23.1 Å². The van der Waals surface area contributed by atoms with Crippen LogP contribution in [0.15, 0.2) is 54.7 Å². The molecule has 0 aliphatic rings. The minimum atomic E-state index is -0.138. The Kier molecular flexibility index (Phi) is 4.43. The molecule has 0 aliphatic carbocycles. The van der Waals surface area contributed by atoms with E-state index in [1.165, 1.54) is 12.3 Å². The molecule has 0 atom stereocenters. The van der Waals surface area contributed by atoms with Gasteiger partial charge in [0.25, 0.3) is 0 Å². The molecule has 0 aromatic heterocycles. The maximum Gasteiger partial charge on any atom is 0.187 e. The molecule has 0 radical (unpaired) electrons. The van der Waals surface area contributed by atoms with Crippen molar-refractivity contribution in [2.24, 2.45) is 0 Å². The van der Waals surface area contributed by atoms with Crippen molar-refractivity contribution in [3.05, 3.63) is 70.9 Å². The molecule has 0 aliphatic heterocycles. The summed E-state index contributed by atoms with van der Waals surface area (Å²) in [5, 5.41) is 13.2. The first kappa shape index (κ1) is 14.2. The van der Waals surface area contributed by atoms with Gasteiger partial charge in [0, 0.05) is 22.9 Å². The monoisotopic (exact) mass is 287 g/mol. The first-order chi connectivity index (χ1) is 9.56. The summed E-state index contributed by atoms with van der Waals surface area (Å²) in [5.74, 6) is 0.00867. The Morgan fingerprint density at radius 3 is 2.55 bits per heavy atom. The lowest BCUT2D eigenvalue weighted by atomic mass is 10.1. The van der Waals surface area contributed by atoms with E-state index in [1.807, 2.05) is 13.0 Å². The summed E-state index contributed by atoms with van der Waals surface area (Å²) in [6, 6.07) is 11.9. The van der Waals surface area contributed by atoms with E-state index < -0.39 is 0 Å². The van der Waals surface area contributed by atoms with Crippen LogP contribution >= 0.6 is 11.6 Å². The van der Waals surface area contributed by atoms with Crippen LogP contribution in [0.1, 0.15) is 15.9 Å². The summed E-state index contributed by atoms with van der Waals surface area (Å²) in [4.78, 5) is 11.9. The minimum absolute atomic E-state index is 0.138. The zero-order valence-electron chi connectivity index (χ0n) is 10.9. The summed E-state index contributed by atoms with van der Waals surface area (Å²) < 4.78 is 0. The standard InChI is InChI=1S/C16H14ClNO2/c1-11-2-7-14(16(20)10-11)18-9-8-15(19)12-3-5-13(17)6-4-12/h2-10,18,20H,1H3. The number of aromatic hydroxyl groups is 1. The fraction of sp³-hybridized carbons (Fsp3) is 0.0625. The van der Waals surface area contributed by atoms with Crippen LogP contribution < -0.4 is 5.32 Å². The van der Waals surface area contributed by atoms with Crippen LogP contribution in [0.25, 0.3) is 0 Å². The minimum Gasteiger partial charge on any atom is -0.506 e. The molecular weight excluding hydrogens is 274 g/mol. The first-order valence-corrected chi connectivity index (χ1v) is 6.46. The van der Waals surface area contributed by atoms with Crippen molar-refractivity contribution in [2.45, 2.75) is 6.92 Å². The van der Waals surface area contributed by atoms with E-state index in [1.54, 1.807) is 36.4 Å². The van der Waals surface area contributed by atoms with Gasteiger partial charge in [-0.2, -0.15) is 0 Å². The van der Waals surface area contributed by atoms with E-state index in [-0.39, 0.29) is 11.5 Å². The number of halogens is 1. The molecule has 3 nitrogen and oxygen atoms in total. The van der Waals surface area contributed by atoms with Gasteiger partial charge < -0.3 is 10.4 Å². The molecule has 0 bridgehead atoms. The number of allylic oxidation sites excluding steroid dienone is 1. The van der Waals surface area contributed by atoms with Gasteiger partial charge >= 0.3 is 0 Å². The van der Waals surface area contributed by atoms with E-state index in [2.05, 4.69) is 5.32 Å². The van der Waals surface area contributed by atoms with Gasteiger partial charge in [0.05, 0.1) is 5.69 Å². The molecule has 0 heterocycles. The van der Waals surface area contributed by atoms with Gasteiger partial charge in [0.1, 0.15) is 5.75 Å². The van der Waals surface area contributed by atoms with Crippen molar-refractivity contribution in [2.75, 3.05) is 5.32 Å². The fourth-order valence-electron chi connectivity index (χ4n) is 1.68. The van der Waals surface area contributed by atoms with Crippen molar-refractivity contribution in [1.29, 1.82) is 0 Å². The Bertz CT molecular complexity index is 648. The number of phenols is 1. The quantitative estimate of drug-likeness (QED) is 0.504. The lowest BCUT2D eigenvalue weighted by Gasteiger charge is -2.04. The SMILES string of the molecule is Cc1ccc(NC=CC(=O)c2ccc(Cl)cc2)c(O)c1. The molecule has 0 saturated heterocycles. The molecule has 2 aromatic rings. The van der Waals surface area contributed by atoms with Crippen LogP contribution in [0.3, 0.4) is 0 Å². The van der Waals surface area contributed by atoms with Gasteiger partial charge in [-0.15, -0.1) is 0 Å². The molecule has 2 aromatic carbocycles. The Hall–Kier alpha value is -2.26. The highest BCUT2D eigenvalue weighted by Gasteiger charge is 2.02. The molecule has 0 fully saturated rings. The van der Waals surface area contributed by atoms with Crippen molar-refractivity contribution in [1.82, 2.24) is 0 Å². The second-order valence-corrected chi connectivity index (χ2v) is 4.81. The van der Waals surface area contributed by atoms with E-state index >= 15 is 0 Å². The van der Waals surface area contributed by atoms with Crippen LogP contribution in [-0.2, 0) is 0 Å². The second-order valence-electron chi connectivity index (χ2n) is 4.37. The van der Waals surface area contributed by atoms with Gasteiger partial charge in [-0.25, -0.2) is 0 Å². The van der Waals surface area contributed by atoms with Crippen LogP contribution in [0.4, 0.5) is 5.69 Å². The number of benzene rings is 2. The van der Waals surface area contributed by atoms with Gasteiger partial charge in [-0.05, 0) is 48.9 Å². The van der Waals surface area contributed by atoms with E-state index in [4.69, 9.17) is 11.6 Å². The number of aryl methyl sites for hydroxylation is 1. The van der Waals surface area contributed by atoms with Gasteiger partial charge in [0.15, 0.2) is 5.78 Å². The van der Waals surface area contributed by atoms with Crippen molar-refractivity contribution in [3.63, 3.8) is 0 Å². The Morgan fingerprint density at radius 1 is 1.20 bits per heavy atom. The third-order valence-electron chi connectivity index (χ3n) is 2.76. The van der Waals surface area contributed by atoms with Gasteiger partial charge in [0.2, 0.25) is 0 Å². The number of hydrogen-bond donors (Lipinski definition) is 2. The predicted molar refractivity (Wildman–Crippen MR) is 81.4 cm³/mol. The molecule has 2 N–H and O–H groups in total. The topological polar surface area (TPSA) is 49.3 Å². The Balaban J connectivity index is 2.02. The predicted octanol–water partition coefficient (Wildman–Crippen LogP) is 4.16. The molecule has 20 heavy (non-hydrogen) atoms. The number of phenolic OH excluding ortho intramolecular Hbond substituents is 1. The summed E-state index contributed by atoms with van der Waals surface area (Å²) >= 11 is 5.76. The molecule has 4 heteroatoms. The van der Waals surface area contributed by atoms with E-state index in [0.717, 1.165) is 5.56 Å². The number of carbonyl (C=O) groups excluding carboxylic acids is 1. The maximum atomic E-state index is 11.9. The number of ketones is 1. The zero-order valence-corrected chi connectivity index (χ0v) is 11.7. The first-order valence-electron chi connectivity index (χ1n) is 6.09. The van der Waals surface area contributed by atoms with Crippen LogP contribution in [0, 0.1) is 6.92 Å². The zero-order chi connectivity index (χ0) is 14.5. The van der Waals surface area contributed by atoms with Gasteiger partial charge in [-0.3, -0.25) is 4.79 Å². The van der Waals surface area contributed by atoms with E-state index in [0.29, 0.717) is 16.3 Å². The van der Waals surface area contributed by atoms with E-state index in [9.17, 15) is 9.90 Å². The Morgan fingerprint density at radius 2 is 1.90 bits per heavy atom. The normalized spacial score (nSPS) is 10.7. The highest BCUT2D eigenvalue weighted by atomic mass is 35.5. The Labute approximate surface area is 122 Å². The van der Waals surface area contributed by atoms with Crippen LogP contribution in [0.2, 0.25) is 5.02 Å². The highest BCUT2D eigenvalue weighted by molar-refractivity contribution is 6.30. The number of anilines is 1. The lowest BCUT2D eigenvalue weighted by molar-refractivity contribution is 0.104. The summed E-state index contributed by atoms with van der Waals surface area (Å²) in [6.45, 7) is 1.89. The molecule has 0 spiro atoms. The lowest BCUT2D eigenvalue weighted by Crippen LogP contribution is -1.96. The molecular formula is C16H14ClNO2. The third kappa shape index (κ3) is 3.62. The van der Waals surface area contributed by atoms with Crippen molar-refractivity contribution < 1.29 is 9.90 Å². The van der Waals surface area contributed by atoms with Gasteiger partial charge in [-0.1, -0.05) is 17.7 Å². The maximum absolute atomic E-state index is 11.9. The average molecular weight is 288 g/mol. The summed E-state index contributed by atoms with van der Waals surface area (Å²) in [5.41, 5.74) is 2.07. The third-order valence-corrected chi connectivity index (χ3v) is 3.01. The fourth-order valence-corrected chi connectivity index (χ4v) is 1.81. The summed E-state index contributed by atoms with van der Waals surface area (Å²) in [7, 11) is 0. The number of carbonyl (C=O) groups is 1. The smallest absolute Gasteiger partial charge is 0.187 e. The molecule has 2 rings (SSSR count). The molecule has 0 saturated carbocycles. The van der Waals surface area contributed by atoms with Crippen LogP contribution in [-0.4, -0.2) is 10.9 Å². The molecule has 0 amide bonds. The van der Waals surface area contributed by atoms with Crippen molar-refractivity contribution in [3.8, 4) is 5.75 Å². The number of rotatable bonds is 4.